The molecule has 1 aromatic rings. The Morgan fingerprint density at radius 3 is 2.57 bits per heavy atom. The molecule has 0 spiro atoms. The Balaban J connectivity index is 2.37. The van der Waals surface area contributed by atoms with E-state index in [0.29, 0.717) is 28.7 Å². The number of hydrogen-bond acceptors (Lipinski definition) is 4. The first-order chi connectivity index (χ1) is 10.9. The smallest absolute Gasteiger partial charge is 0.326 e. The lowest BCUT2D eigenvalue weighted by Gasteiger charge is -2.18. The lowest BCUT2D eigenvalue weighted by Crippen LogP contribution is -2.22. The summed E-state index contributed by atoms with van der Waals surface area (Å²) in [7, 11) is 0. The predicted octanol–water partition coefficient (Wildman–Crippen LogP) is 3.10. The highest BCUT2D eigenvalue weighted by Gasteiger charge is 2.23. The van der Waals surface area contributed by atoms with E-state index in [2.05, 4.69) is 10.6 Å². The van der Waals surface area contributed by atoms with Crippen LogP contribution in [0.2, 0.25) is 5.02 Å². The number of carbonyl (C=O) groups excluding carboxylic acids is 2. The maximum atomic E-state index is 11.6. The van der Waals surface area contributed by atoms with Crippen LogP contribution in [0.15, 0.2) is 17.8 Å². The number of ether oxygens (including phenoxy) is 2. The van der Waals surface area contributed by atoms with Crippen molar-refractivity contribution in [3.8, 4) is 11.5 Å². The number of imide groups is 1. The van der Waals surface area contributed by atoms with E-state index >= 15 is 0 Å². The molecule has 0 unspecified atom stereocenters. The van der Waals surface area contributed by atoms with E-state index in [0.717, 1.165) is 6.42 Å². The lowest BCUT2D eigenvalue weighted by atomic mass is 10.1. The fourth-order valence-corrected chi connectivity index (χ4v) is 2.25. The van der Waals surface area contributed by atoms with E-state index in [9.17, 15) is 9.59 Å². The number of amides is 3. The zero-order chi connectivity index (χ0) is 17.0. The molecule has 7 heteroatoms. The molecule has 1 aromatic carbocycles. The highest BCUT2D eigenvalue weighted by Crippen LogP contribution is 2.38. The molecule has 0 aromatic heterocycles. The van der Waals surface area contributed by atoms with Gasteiger partial charge in [0.2, 0.25) is 0 Å². The van der Waals surface area contributed by atoms with Crippen molar-refractivity contribution in [2.75, 3.05) is 6.61 Å². The quantitative estimate of drug-likeness (QED) is 0.617. The van der Waals surface area contributed by atoms with E-state index in [1.54, 1.807) is 12.1 Å². The number of benzene rings is 1. The van der Waals surface area contributed by atoms with Crippen molar-refractivity contribution in [2.24, 2.45) is 0 Å². The van der Waals surface area contributed by atoms with Gasteiger partial charge < -0.3 is 14.8 Å². The van der Waals surface area contributed by atoms with E-state index < -0.39 is 11.9 Å². The van der Waals surface area contributed by atoms with Crippen LogP contribution in [0.1, 0.15) is 32.8 Å². The van der Waals surface area contributed by atoms with Gasteiger partial charge in [-0.25, -0.2) is 4.79 Å². The van der Waals surface area contributed by atoms with Gasteiger partial charge in [-0.1, -0.05) is 18.5 Å². The average Bonchev–Trinajstić information content (AvgIpc) is 2.80. The van der Waals surface area contributed by atoms with Crippen molar-refractivity contribution in [1.82, 2.24) is 10.6 Å². The molecule has 0 aliphatic carbocycles. The second-order valence-electron chi connectivity index (χ2n) is 5.07. The summed E-state index contributed by atoms with van der Waals surface area (Å²) >= 11 is 6.30. The number of nitrogens with one attached hydrogen (secondary N) is 2. The molecule has 1 saturated heterocycles. The van der Waals surface area contributed by atoms with E-state index in [4.69, 9.17) is 21.1 Å². The average molecular weight is 339 g/mol. The molecule has 0 saturated carbocycles. The zero-order valence-corrected chi connectivity index (χ0v) is 14.0. The summed E-state index contributed by atoms with van der Waals surface area (Å²) in [5, 5.41) is 4.95. The summed E-state index contributed by atoms with van der Waals surface area (Å²) < 4.78 is 11.4. The van der Waals surface area contributed by atoms with Gasteiger partial charge in [-0.05, 0) is 44.0 Å². The molecule has 0 bridgehead atoms. The van der Waals surface area contributed by atoms with Crippen molar-refractivity contribution in [1.29, 1.82) is 0 Å². The SMILES string of the molecule is CCOc1cc(/C=C2/NC(=O)NC2=O)cc(Cl)c1O[C@H](C)CC. The Bertz CT molecular complexity index is 658. The first-order valence-corrected chi connectivity index (χ1v) is 7.79. The highest BCUT2D eigenvalue weighted by atomic mass is 35.5. The fourth-order valence-electron chi connectivity index (χ4n) is 1.98. The van der Waals surface area contributed by atoms with E-state index in [1.165, 1.54) is 6.08 Å². The molecule has 0 radical (unpaired) electrons. The maximum absolute atomic E-state index is 11.6. The molecular formula is C16H19ClN2O4. The summed E-state index contributed by atoms with van der Waals surface area (Å²) in [4.78, 5) is 22.7. The zero-order valence-electron chi connectivity index (χ0n) is 13.2. The second kappa shape index (κ2) is 7.37. The van der Waals surface area contributed by atoms with Crippen LogP contribution in [0.3, 0.4) is 0 Å². The fraction of sp³-hybridized carbons (Fsp3) is 0.375. The van der Waals surface area contributed by atoms with E-state index in [1.807, 2.05) is 20.8 Å². The molecule has 23 heavy (non-hydrogen) atoms. The van der Waals surface area contributed by atoms with Crippen LogP contribution in [-0.4, -0.2) is 24.6 Å². The van der Waals surface area contributed by atoms with Crippen LogP contribution in [0.5, 0.6) is 11.5 Å². The lowest BCUT2D eigenvalue weighted by molar-refractivity contribution is -0.115. The standard InChI is InChI=1S/C16H19ClN2O4/c1-4-9(3)23-14-11(17)6-10(8-13(14)22-5-2)7-12-15(20)19-16(21)18-12/h6-9H,4-5H2,1-3H3,(H2,18,19,20,21)/b12-7+/t9-/m1/s1. The molecule has 1 aliphatic heterocycles. The van der Waals surface area contributed by atoms with Gasteiger partial charge in [0, 0.05) is 0 Å². The van der Waals surface area contributed by atoms with Crippen molar-refractivity contribution in [3.63, 3.8) is 0 Å². The maximum Gasteiger partial charge on any atom is 0.326 e. The number of carbonyl (C=O) groups is 2. The summed E-state index contributed by atoms with van der Waals surface area (Å²) in [6.45, 7) is 6.26. The highest BCUT2D eigenvalue weighted by molar-refractivity contribution is 6.32. The number of rotatable bonds is 6. The third-order valence-corrected chi connectivity index (χ3v) is 3.54. The first-order valence-electron chi connectivity index (χ1n) is 7.41. The molecule has 1 aliphatic rings. The summed E-state index contributed by atoms with van der Waals surface area (Å²) in [6.07, 6.45) is 2.36. The Morgan fingerprint density at radius 1 is 1.26 bits per heavy atom. The van der Waals surface area contributed by atoms with Crippen molar-refractivity contribution in [3.05, 3.63) is 28.4 Å². The number of urea groups is 1. The van der Waals surface area contributed by atoms with Crippen molar-refractivity contribution in [2.45, 2.75) is 33.3 Å². The molecular weight excluding hydrogens is 320 g/mol. The Labute approximate surface area is 139 Å². The third kappa shape index (κ3) is 4.16. The summed E-state index contributed by atoms with van der Waals surface area (Å²) in [5.74, 6) is 0.492. The minimum Gasteiger partial charge on any atom is -0.490 e. The van der Waals surface area contributed by atoms with Gasteiger partial charge in [0.25, 0.3) is 5.91 Å². The normalized spacial score (nSPS) is 17.0. The van der Waals surface area contributed by atoms with Gasteiger partial charge in [-0.15, -0.1) is 0 Å². The van der Waals surface area contributed by atoms with Crippen LogP contribution in [0, 0.1) is 0 Å². The van der Waals surface area contributed by atoms with Gasteiger partial charge in [-0.2, -0.15) is 0 Å². The third-order valence-electron chi connectivity index (χ3n) is 3.26. The molecule has 2 N–H and O–H groups in total. The van der Waals surface area contributed by atoms with Gasteiger partial charge in [0.05, 0.1) is 17.7 Å². The largest absolute Gasteiger partial charge is 0.490 e. The van der Waals surface area contributed by atoms with Gasteiger partial charge >= 0.3 is 6.03 Å². The minimum absolute atomic E-state index is 0.00388. The van der Waals surface area contributed by atoms with Gasteiger partial charge in [-0.3, -0.25) is 10.1 Å². The number of halogens is 1. The van der Waals surface area contributed by atoms with Crippen LogP contribution in [-0.2, 0) is 4.79 Å². The topological polar surface area (TPSA) is 76.7 Å². The molecule has 6 nitrogen and oxygen atoms in total. The Morgan fingerprint density at radius 2 is 2.00 bits per heavy atom. The Hall–Kier alpha value is -2.21. The second-order valence-corrected chi connectivity index (χ2v) is 5.47. The van der Waals surface area contributed by atoms with Gasteiger partial charge in [0.1, 0.15) is 5.70 Å². The molecule has 1 heterocycles. The summed E-state index contributed by atoms with van der Waals surface area (Å²) in [5.41, 5.74) is 0.784. The summed E-state index contributed by atoms with van der Waals surface area (Å²) in [6, 6.07) is 2.83. The Kier molecular flexibility index (Phi) is 5.50. The molecule has 124 valence electrons. The van der Waals surface area contributed by atoms with Gasteiger partial charge in [0.15, 0.2) is 11.5 Å². The molecule has 3 amide bonds. The van der Waals surface area contributed by atoms with Crippen LogP contribution in [0.25, 0.3) is 6.08 Å². The molecule has 1 fully saturated rings. The predicted molar refractivity (Wildman–Crippen MR) is 87.7 cm³/mol. The minimum atomic E-state index is -0.547. The van der Waals surface area contributed by atoms with Crippen LogP contribution < -0.4 is 20.1 Å². The molecule has 2 rings (SSSR count). The van der Waals surface area contributed by atoms with Crippen LogP contribution >= 0.6 is 11.6 Å². The first kappa shape index (κ1) is 17.1. The van der Waals surface area contributed by atoms with Crippen molar-refractivity contribution >= 4 is 29.6 Å². The van der Waals surface area contributed by atoms with E-state index in [-0.39, 0.29) is 11.8 Å². The number of hydrogen-bond donors (Lipinski definition) is 2. The van der Waals surface area contributed by atoms with Crippen molar-refractivity contribution < 1.29 is 19.1 Å². The monoisotopic (exact) mass is 338 g/mol. The molecule has 1 atom stereocenters. The van der Waals surface area contributed by atoms with Crippen LogP contribution in [0.4, 0.5) is 4.79 Å².